The van der Waals surface area contributed by atoms with Crippen LogP contribution in [0.1, 0.15) is 72.3 Å². The molecule has 0 radical (unpaired) electrons. The summed E-state index contributed by atoms with van der Waals surface area (Å²) in [4.78, 5) is 52.2. The van der Waals surface area contributed by atoms with E-state index in [9.17, 15) is 24.3 Å². The van der Waals surface area contributed by atoms with Crippen molar-refractivity contribution in [1.82, 2.24) is 4.90 Å². The fraction of sp³-hybridized carbons (Fsp3) is 0.333. The molecule has 1 aliphatic heterocycles. The number of β-amino-alcohol motifs (C(OH)–C–C–N with tert-alkyl or cyclic N) is 1. The largest absolute Gasteiger partial charge is 0.388 e. The third kappa shape index (κ3) is 9.44. The second-order valence-corrected chi connectivity index (χ2v) is 10.5. The van der Waals surface area contributed by atoms with E-state index in [4.69, 9.17) is 0 Å². The van der Waals surface area contributed by atoms with Crippen LogP contribution in [0.3, 0.4) is 0 Å². The monoisotopic (exact) mass is 615 g/mol. The van der Waals surface area contributed by atoms with Crippen LogP contribution in [0.5, 0.6) is 0 Å². The van der Waals surface area contributed by atoms with Crippen molar-refractivity contribution in [2.45, 2.75) is 46.6 Å². The number of hydrogen-bond acceptors (Lipinski definition) is 7. The second-order valence-electron chi connectivity index (χ2n) is 10.5. The maximum atomic E-state index is 13.1. The first-order valence-electron chi connectivity index (χ1n) is 14.9. The zero-order chi connectivity index (χ0) is 33.7. The second kappa shape index (κ2) is 17.6. The van der Waals surface area contributed by atoms with Gasteiger partial charge in [-0.15, -0.1) is 0 Å². The first-order chi connectivity index (χ1) is 21.5. The number of aryl methyl sites for hydroxylation is 1. The number of benzene rings is 3. The van der Waals surface area contributed by atoms with Crippen molar-refractivity contribution in [1.29, 1.82) is 0 Å². The first-order valence-corrected chi connectivity index (χ1v) is 14.9. The molecule has 1 aliphatic rings. The Bertz CT molecular complexity index is 1510. The Labute approximate surface area is 266 Å². The molecule has 0 saturated carbocycles. The van der Waals surface area contributed by atoms with E-state index in [0.29, 0.717) is 39.3 Å². The molecule has 0 saturated heterocycles. The van der Waals surface area contributed by atoms with Gasteiger partial charge in [0.2, 0.25) is 11.8 Å². The number of nitrogens with zero attached hydrogens (tertiary/aromatic N) is 2. The summed E-state index contributed by atoms with van der Waals surface area (Å²) in [6, 6.07) is 20.0. The Morgan fingerprint density at radius 2 is 1.64 bits per heavy atom. The third-order valence-electron chi connectivity index (χ3n) is 6.98. The van der Waals surface area contributed by atoms with E-state index in [-0.39, 0.29) is 37.0 Å². The van der Waals surface area contributed by atoms with Crippen molar-refractivity contribution in [3.63, 3.8) is 0 Å². The minimum Gasteiger partial charge on any atom is -0.388 e. The lowest BCUT2D eigenvalue weighted by Gasteiger charge is -2.20. The standard InChI is InChI=1S/C32H33N3O5.C2H6O.C2H6/c1-20-16-22(19-36)10-12-25(20)31(21(2)37)32(23-8-6-5-7-9-23)33-24-11-13-27-26(17-24)28(38)18-35(27)30(40)15-14-29(39)34(3)4;1-3-2;1-2/h5-13,16-17,19,28,33,38H,14-15,18H2,1-4H3;1-2H3;1-2H3/b32-31+;;. The number of aliphatic hydroxyl groups is 1. The van der Waals surface area contributed by atoms with Gasteiger partial charge in [-0.1, -0.05) is 56.3 Å². The zero-order valence-corrected chi connectivity index (χ0v) is 27.5. The van der Waals surface area contributed by atoms with E-state index >= 15 is 0 Å². The van der Waals surface area contributed by atoms with Gasteiger partial charge in [0.1, 0.15) is 6.29 Å². The molecule has 9 nitrogen and oxygen atoms in total. The van der Waals surface area contributed by atoms with Crippen molar-refractivity contribution in [3.8, 4) is 0 Å². The van der Waals surface area contributed by atoms with Crippen LogP contribution in [0.25, 0.3) is 11.3 Å². The van der Waals surface area contributed by atoms with Gasteiger partial charge in [0.25, 0.3) is 0 Å². The van der Waals surface area contributed by atoms with Crippen LogP contribution in [0.4, 0.5) is 11.4 Å². The summed E-state index contributed by atoms with van der Waals surface area (Å²) >= 11 is 0. The number of rotatable bonds is 9. The van der Waals surface area contributed by atoms with Crippen molar-refractivity contribution in [2.24, 2.45) is 0 Å². The number of carbonyl (C=O) groups excluding carboxylic acids is 4. The van der Waals surface area contributed by atoms with Crippen LogP contribution >= 0.6 is 0 Å². The summed E-state index contributed by atoms with van der Waals surface area (Å²) in [5.74, 6) is -0.518. The highest BCUT2D eigenvalue weighted by Crippen LogP contribution is 2.38. The van der Waals surface area contributed by atoms with E-state index in [1.165, 1.54) is 16.7 Å². The van der Waals surface area contributed by atoms with Crippen LogP contribution in [0.15, 0.2) is 66.7 Å². The van der Waals surface area contributed by atoms with Gasteiger partial charge in [-0.25, -0.2) is 0 Å². The summed E-state index contributed by atoms with van der Waals surface area (Å²) in [6.45, 7) is 7.47. The quantitative estimate of drug-likeness (QED) is 0.175. The summed E-state index contributed by atoms with van der Waals surface area (Å²) in [6.07, 6.45) is 0.0299. The number of amides is 2. The molecule has 1 atom stereocenters. The van der Waals surface area contributed by atoms with E-state index in [1.54, 1.807) is 64.7 Å². The molecule has 0 spiro atoms. The van der Waals surface area contributed by atoms with E-state index < -0.39 is 6.10 Å². The molecule has 1 unspecified atom stereocenters. The minimum atomic E-state index is -0.889. The number of allylic oxidation sites excluding steroid dienone is 1. The molecule has 4 rings (SSSR count). The molecule has 0 aliphatic carbocycles. The molecule has 0 fully saturated rings. The maximum Gasteiger partial charge on any atom is 0.227 e. The normalized spacial score (nSPS) is 13.6. The zero-order valence-electron chi connectivity index (χ0n) is 27.5. The number of nitrogens with one attached hydrogen (secondary N) is 1. The molecular formula is C36H45N3O6. The number of Topliss-reactive ketones (excluding diaryl/α,β-unsaturated/α-hetero) is 1. The highest BCUT2D eigenvalue weighted by molar-refractivity contribution is 6.28. The third-order valence-corrected chi connectivity index (χ3v) is 6.98. The van der Waals surface area contributed by atoms with Gasteiger partial charge in [-0.2, -0.15) is 0 Å². The summed E-state index contributed by atoms with van der Waals surface area (Å²) in [5.41, 5.74) is 5.66. The van der Waals surface area contributed by atoms with Gasteiger partial charge in [0, 0.05) is 69.2 Å². The fourth-order valence-electron chi connectivity index (χ4n) is 4.89. The Morgan fingerprint density at radius 1 is 1.00 bits per heavy atom. The average molecular weight is 616 g/mol. The van der Waals surface area contributed by atoms with Gasteiger partial charge in [-0.3, -0.25) is 19.2 Å². The number of anilines is 2. The average Bonchev–Trinajstić information content (AvgIpc) is 3.37. The Kier molecular flexibility index (Phi) is 14.3. The molecule has 240 valence electrons. The Hall–Kier alpha value is -4.60. The lowest BCUT2D eigenvalue weighted by Crippen LogP contribution is -2.31. The molecule has 45 heavy (non-hydrogen) atoms. The number of aldehydes is 1. The van der Waals surface area contributed by atoms with Crippen molar-refractivity contribution in [2.75, 3.05) is 45.1 Å². The van der Waals surface area contributed by atoms with Crippen molar-refractivity contribution >= 4 is 46.5 Å². The molecule has 3 aromatic carbocycles. The number of carbonyl (C=O) groups is 4. The van der Waals surface area contributed by atoms with Gasteiger partial charge in [0.15, 0.2) is 5.78 Å². The summed E-state index contributed by atoms with van der Waals surface area (Å²) in [5, 5.41) is 14.2. The predicted molar refractivity (Wildman–Crippen MR) is 180 cm³/mol. The van der Waals surface area contributed by atoms with Crippen LogP contribution in [0, 0.1) is 6.92 Å². The van der Waals surface area contributed by atoms with Gasteiger partial charge >= 0.3 is 0 Å². The molecule has 0 bridgehead atoms. The molecule has 2 N–H and O–H groups in total. The lowest BCUT2D eigenvalue weighted by atomic mass is 9.92. The van der Waals surface area contributed by atoms with Crippen LogP contribution in [-0.4, -0.2) is 68.7 Å². The highest BCUT2D eigenvalue weighted by atomic mass is 16.4. The number of methoxy groups -OCH3 is 1. The number of fused-ring (bicyclic) bond motifs is 1. The summed E-state index contributed by atoms with van der Waals surface area (Å²) in [7, 11) is 6.54. The molecule has 9 heteroatoms. The highest BCUT2D eigenvalue weighted by Gasteiger charge is 2.31. The smallest absolute Gasteiger partial charge is 0.227 e. The Morgan fingerprint density at radius 3 is 2.20 bits per heavy atom. The number of aliphatic hydroxyl groups excluding tert-OH is 1. The van der Waals surface area contributed by atoms with Crippen LogP contribution in [-0.2, 0) is 19.1 Å². The van der Waals surface area contributed by atoms with Gasteiger partial charge in [0.05, 0.1) is 18.3 Å². The Balaban J connectivity index is 0.00000133. The molecule has 0 aromatic heterocycles. The maximum absolute atomic E-state index is 13.1. The molecule has 3 aromatic rings. The van der Waals surface area contributed by atoms with Gasteiger partial charge < -0.3 is 25.0 Å². The molecule has 1 heterocycles. The first kappa shape index (κ1) is 36.6. The minimum absolute atomic E-state index is 0.0499. The summed E-state index contributed by atoms with van der Waals surface area (Å²) < 4.78 is 4.25. The topological polar surface area (TPSA) is 116 Å². The lowest BCUT2D eigenvalue weighted by molar-refractivity contribution is -0.131. The van der Waals surface area contributed by atoms with E-state index in [1.807, 2.05) is 51.1 Å². The van der Waals surface area contributed by atoms with Crippen LogP contribution in [0.2, 0.25) is 0 Å². The number of ketones is 1. The molecular weight excluding hydrogens is 570 g/mol. The van der Waals surface area contributed by atoms with Gasteiger partial charge in [-0.05, 0) is 54.8 Å². The fourth-order valence-corrected chi connectivity index (χ4v) is 4.89. The van der Waals surface area contributed by atoms with E-state index in [2.05, 4.69) is 10.1 Å². The van der Waals surface area contributed by atoms with Crippen molar-refractivity contribution in [3.05, 3.63) is 94.5 Å². The number of hydrogen-bond donors (Lipinski definition) is 2. The van der Waals surface area contributed by atoms with Crippen LogP contribution < -0.4 is 10.2 Å². The van der Waals surface area contributed by atoms with Crippen molar-refractivity contribution < 1.29 is 29.0 Å². The molecule has 2 amide bonds. The SMILES string of the molecule is CC.CC(=O)/C(=C(\Nc1ccc2c(c1)C(O)CN2C(=O)CCC(=O)N(C)C)c1ccccc1)c1ccc(C=O)cc1C.COC. The number of ether oxygens (including phenoxy) is 1. The van der Waals surface area contributed by atoms with E-state index in [0.717, 1.165) is 17.4 Å². The predicted octanol–water partition coefficient (Wildman–Crippen LogP) is 5.91.